The molecule has 0 fully saturated rings. The van der Waals surface area contributed by atoms with Crippen molar-refractivity contribution >= 4 is 15.9 Å². The zero-order chi connectivity index (χ0) is 14.5. The van der Waals surface area contributed by atoms with Gasteiger partial charge < -0.3 is 10.1 Å². The summed E-state index contributed by atoms with van der Waals surface area (Å²) in [6.07, 6.45) is 0. The van der Waals surface area contributed by atoms with Crippen molar-refractivity contribution in [1.29, 1.82) is 0 Å². The molecular weight excluding hydrogens is 321 g/mol. The minimum Gasteiger partial charge on any atom is -0.496 e. The Kier molecular flexibility index (Phi) is 5.15. The van der Waals surface area contributed by atoms with Crippen molar-refractivity contribution in [3.05, 3.63) is 63.9 Å². The maximum Gasteiger partial charge on any atom is 0.133 e. The fourth-order valence-electron chi connectivity index (χ4n) is 2.03. The van der Waals surface area contributed by atoms with Crippen molar-refractivity contribution in [1.82, 2.24) is 5.32 Å². The summed E-state index contributed by atoms with van der Waals surface area (Å²) in [5.74, 6) is 0.624. The summed E-state index contributed by atoms with van der Waals surface area (Å²) in [5.41, 5.74) is 1.79. The van der Waals surface area contributed by atoms with Gasteiger partial charge in [0.05, 0.1) is 11.6 Å². The van der Waals surface area contributed by atoms with Crippen molar-refractivity contribution in [2.45, 2.75) is 19.5 Å². The molecule has 0 amide bonds. The van der Waals surface area contributed by atoms with Crippen LogP contribution in [-0.4, -0.2) is 7.11 Å². The topological polar surface area (TPSA) is 21.3 Å². The first-order chi connectivity index (χ1) is 9.61. The Labute approximate surface area is 127 Å². The average molecular weight is 338 g/mol. The van der Waals surface area contributed by atoms with Gasteiger partial charge in [0.2, 0.25) is 0 Å². The standard InChI is InChI=1S/C16H17BrFNO/c1-11(13-5-3-4-6-15(13)18)19-10-12-7-8-16(20-2)14(17)9-12/h3-9,11,19H,10H2,1-2H3/t11-/m1/s1. The normalized spacial score (nSPS) is 12.2. The van der Waals surface area contributed by atoms with Crippen LogP contribution in [0.25, 0.3) is 0 Å². The number of methoxy groups -OCH3 is 1. The van der Waals surface area contributed by atoms with Gasteiger partial charge in [-0.05, 0) is 46.6 Å². The van der Waals surface area contributed by atoms with Gasteiger partial charge in [0, 0.05) is 18.2 Å². The molecule has 0 saturated carbocycles. The molecule has 0 saturated heterocycles. The van der Waals surface area contributed by atoms with E-state index in [0.717, 1.165) is 15.8 Å². The molecular formula is C16H17BrFNO. The summed E-state index contributed by atoms with van der Waals surface area (Å²) in [6.45, 7) is 2.62. The first-order valence-corrected chi connectivity index (χ1v) is 7.21. The Morgan fingerprint density at radius 2 is 2.00 bits per heavy atom. The summed E-state index contributed by atoms with van der Waals surface area (Å²) in [6, 6.07) is 12.7. The molecule has 0 heterocycles. The quantitative estimate of drug-likeness (QED) is 0.870. The lowest BCUT2D eigenvalue weighted by molar-refractivity contribution is 0.412. The van der Waals surface area contributed by atoms with Crippen LogP contribution >= 0.6 is 15.9 Å². The van der Waals surface area contributed by atoms with E-state index in [0.29, 0.717) is 12.1 Å². The van der Waals surface area contributed by atoms with Crippen LogP contribution in [0.2, 0.25) is 0 Å². The van der Waals surface area contributed by atoms with E-state index in [4.69, 9.17) is 4.74 Å². The molecule has 0 aliphatic rings. The summed E-state index contributed by atoms with van der Waals surface area (Å²) in [7, 11) is 1.64. The minimum atomic E-state index is -0.177. The van der Waals surface area contributed by atoms with Crippen LogP contribution in [0, 0.1) is 5.82 Å². The van der Waals surface area contributed by atoms with E-state index in [1.165, 1.54) is 6.07 Å². The lowest BCUT2D eigenvalue weighted by atomic mass is 10.1. The summed E-state index contributed by atoms with van der Waals surface area (Å²) >= 11 is 3.46. The van der Waals surface area contributed by atoms with Gasteiger partial charge in [-0.2, -0.15) is 0 Å². The SMILES string of the molecule is COc1ccc(CN[C@H](C)c2ccccc2F)cc1Br. The van der Waals surface area contributed by atoms with Crippen LogP contribution in [-0.2, 0) is 6.54 Å². The minimum absolute atomic E-state index is 0.0444. The van der Waals surface area contributed by atoms with Crippen LogP contribution in [0.1, 0.15) is 24.1 Å². The van der Waals surface area contributed by atoms with Gasteiger partial charge in [-0.15, -0.1) is 0 Å². The predicted octanol–water partition coefficient (Wildman–Crippen LogP) is 4.45. The molecule has 20 heavy (non-hydrogen) atoms. The highest BCUT2D eigenvalue weighted by molar-refractivity contribution is 9.10. The molecule has 1 N–H and O–H groups in total. The number of benzene rings is 2. The number of hydrogen-bond donors (Lipinski definition) is 1. The predicted molar refractivity (Wildman–Crippen MR) is 82.3 cm³/mol. The Bertz CT molecular complexity index is 588. The van der Waals surface area contributed by atoms with Gasteiger partial charge in [-0.3, -0.25) is 0 Å². The molecule has 4 heteroatoms. The molecule has 2 aromatic rings. The van der Waals surface area contributed by atoms with Gasteiger partial charge >= 0.3 is 0 Å². The highest BCUT2D eigenvalue weighted by Gasteiger charge is 2.10. The third kappa shape index (κ3) is 3.58. The van der Waals surface area contributed by atoms with Gasteiger partial charge in [-0.1, -0.05) is 24.3 Å². The molecule has 106 valence electrons. The molecule has 2 rings (SSSR count). The van der Waals surface area contributed by atoms with Gasteiger partial charge in [0.25, 0.3) is 0 Å². The number of rotatable bonds is 5. The summed E-state index contributed by atoms with van der Waals surface area (Å²) in [4.78, 5) is 0. The molecule has 2 aromatic carbocycles. The van der Waals surface area contributed by atoms with Crippen LogP contribution in [0.4, 0.5) is 4.39 Å². The number of nitrogens with one attached hydrogen (secondary N) is 1. The average Bonchev–Trinajstić information content (AvgIpc) is 2.45. The highest BCUT2D eigenvalue weighted by Crippen LogP contribution is 2.26. The van der Waals surface area contributed by atoms with Gasteiger partial charge in [0.1, 0.15) is 11.6 Å². The fraction of sp³-hybridized carbons (Fsp3) is 0.250. The second-order valence-corrected chi connectivity index (χ2v) is 5.45. The maximum absolute atomic E-state index is 13.7. The molecule has 0 aliphatic carbocycles. The Morgan fingerprint density at radius 3 is 2.65 bits per heavy atom. The van der Waals surface area contributed by atoms with Crippen molar-refractivity contribution in [2.75, 3.05) is 7.11 Å². The Morgan fingerprint density at radius 1 is 1.25 bits per heavy atom. The Balaban J connectivity index is 2.02. The summed E-state index contributed by atoms with van der Waals surface area (Å²) in [5, 5.41) is 3.32. The third-order valence-corrected chi connectivity index (χ3v) is 3.82. The van der Waals surface area contributed by atoms with E-state index < -0.39 is 0 Å². The molecule has 2 nitrogen and oxygen atoms in total. The lowest BCUT2D eigenvalue weighted by Gasteiger charge is -2.15. The van der Waals surface area contributed by atoms with E-state index in [1.807, 2.05) is 31.2 Å². The molecule has 0 aliphatic heterocycles. The molecule has 0 spiro atoms. The maximum atomic E-state index is 13.7. The van der Waals surface area contributed by atoms with E-state index in [2.05, 4.69) is 21.2 Å². The Hall–Kier alpha value is -1.39. The van der Waals surface area contributed by atoms with Crippen LogP contribution in [0.5, 0.6) is 5.75 Å². The largest absolute Gasteiger partial charge is 0.496 e. The smallest absolute Gasteiger partial charge is 0.133 e. The number of ether oxygens (including phenoxy) is 1. The first-order valence-electron chi connectivity index (χ1n) is 6.42. The molecule has 0 unspecified atom stereocenters. The zero-order valence-corrected chi connectivity index (χ0v) is 13.1. The van der Waals surface area contributed by atoms with Crippen molar-refractivity contribution < 1.29 is 9.13 Å². The van der Waals surface area contributed by atoms with E-state index in [9.17, 15) is 4.39 Å². The lowest BCUT2D eigenvalue weighted by Crippen LogP contribution is -2.19. The van der Waals surface area contributed by atoms with E-state index in [1.54, 1.807) is 19.2 Å². The fourth-order valence-corrected chi connectivity index (χ4v) is 2.62. The second-order valence-electron chi connectivity index (χ2n) is 4.59. The van der Waals surface area contributed by atoms with E-state index >= 15 is 0 Å². The van der Waals surface area contributed by atoms with Crippen molar-refractivity contribution in [2.24, 2.45) is 0 Å². The van der Waals surface area contributed by atoms with Gasteiger partial charge in [-0.25, -0.2) is 4.39 Å². The third-order valence-electron chi connectivity index (χ3n) is 3.20. The molecule has 0 bridgehead atoms. The highest BCUT2D eigenvalue weighted by atomic mass is 79.9. The van der Waals surface area contributed by atoms with Crippen molar-refractivity contribution in [3.8, 4) is 5.75 Å². The number of hydrogen-bond acceptors (Lipinski definition) is 2. The molecule has 1 atom stereocenters. The first kappa shape index (κ1) is 15.0. The summed E-state index contributed by atoms with van der Waals surface area (Å²) < 4.78 is 19.8. The van der Waals surface area contributed by atoms with Crippen LogP contribution in [0.3, 0.4) is 0 Å². The van der Waals surface area contributed by atoms with Crippen LogP contribution in [0.15, 0.2) is 46.9 Å². The zero-order valence-electron chi connectivity index (χ0n) is 11.5. The molecule has 0 radical (unpaired) electrons. The number of halogens is 2. The van der Waals surface area contributed by atoms with Crippen LogP contribution < -0.4 is 10.1 Å². The van der Waals surface area contributed by atoms with Gasteiger partial charge in [0.15, 0.2) is 0 Å². The molecule has 0 aromatic heterocycles. The van der Waals surface area contributed by atoms with E-state index in [-0.39, 0.29) is 11.9 Å². The van der Waals surface area contributed by atoms with Crippen molar-refractivity contribution in [3.63, 3.8) is 0 Å². The monoisotopic (exact) mass is 337 g/mol. The second kappa shape index (κ2) is 6.86.